The summed E-state index contributed by atoms with van der Waals surface area (Å²) in [6, 6.07) is -0.309. The summed E-state index contributed by atoms with van der Waals surface area (Å²) in [6.45, 7) is 7.40. The van der Waals surface area contributed by atoms with Crippen LogP contribution in [0.1, 0.15) is 26.7 Å². The first-order valence-corrected chi connectivity index (χ1v) is 6.46. The fraction of sp³-hybridized carbons (Fsp3) is 0.615. The van der Waals surface area contributed by atoms with Crippen molar-refractivity contribution in [2.45, 2.75) is 45.1 Å². The van der Waals surface area contributed by atoms with Crippen molar-refractivity contribution >= 4 is 6.21 Å². The van der Waals surface area contributed by atoms with Crippen LogP contribution in [0.2, 0.25) is 0 Å². The highest BCUT2D eigenvalue weighted by molar-refractivity contribution is 5.55. The third kappa shape index (κ3) is 3.79. The third-order valence-electron chi connectivity index (χ3n) is 3.04. The summed E-state index contributed by atoms with van der Waals surface area (Å²) in [5, 5.41) is 9.12. The van der Waals surface area contributed by atoms with Crippen LogP contribution >= 0.6 is 0 Å². The second-order valence-corrected chi connectivity index (χ2v) is 4.52. The van der Waals surface area contributed by atoms with Gasteiger partial charge in [-0.2, -0.15) is 0 Å². The summed E-state index contributed by atoms with van der Waals surface area (Å²) < 4.78 is 5.72. The van der Waals surface area contributed by atoms with Crippen molar-refractivity contribution < 1.29 is 9.84 Å². The zero-order valence-corrected chi connectivity index (χ0v) is 11.6. The molecule has 1 heterocycles. The topological polar surface area (TPSA) is 97.1 Å². The Bertz CT molecular complexity index is 366. The van der Waals surface area contributed by atoms with E-state index in [1.807, 2.05) is 6.92 Å². The highest BCUT2D eigenvalue weighted by atomic mass is 16.5. The Morgan fingerprint density at radius 2 is 2.32 bits per heavy atom. The van der Waals surface area contributed by atoms with Gasteiger partial charge in [-0.25, -0.2) is 4.99 Å². The van der Waals surface area contributed by atoms with Gasteiger partial charge in [-0.1, -0.05) is 6.58 Å². The van der Waals surface area contributed by atoms with Crippen molar-refractivity contribution in [1.29, 1.82) is 0 Å². The highest BCUT2D eigenvalue weighted by Crippen LogP contribution is 2.26. The minimum absolute atomic E-state index is 0.0142. The van der Waals surface area contributed by atoms with Crippen molar-refractivity contribution in [2.75, 3.05) is 6.61 Å². The molecule has 0 spiro atoms. The number of hydrogen-bond donors (Lipinski definition) is 3. The molecule has 3 atom stereocenters. The van der Waals surface area contributed by atoms with Gasteiger partial charge in [-0.05, 0) is 26.7 Å². The molecule has 3 unspecified atom stereocenters. The van der Waals surface area contributed by atoms with Gasteiger partial charge in [0.15, 0.2) is 5.82 Å². The normalized spacial score (nSPS) is 26.3. The second kappa shape index (κ2) is 7.28. The molecule has 1 aliphatic rings. The number of aliphatic hydroxyl groups excluding tert-OH is 1. The van der Waals surface area contributed by atoms with Crippen LogP contribution in [0.25, 0.3) is 0 Å². The van der Waals surface area contributed by atoms with Gasteiger partial charge >= 0.3 is 0 Å². The van der Waals surface area contributed by atoms with E-state index in [2.05, 4.69) is 11.6 Å². The molecular weight excluding hydrogens is 244 g/mol. The van der Waals surface area contributed by atoms with E-state index in [0.29, 0.717) is 11.5 Å². The maximum absolute atomic E-state index is 9.12. The molecule has 0 aromatic rings. The van der Waals surface area contributed by atoms with Gasteiger partial charge in [-0.15, -0.1) is 0 Å². The fourth-order valence-corrected chi connectivity index (χ4v) is 1.98. The van der Waals surface area contributed by atoms with Gasteiger partial charge in [0.25, 0.3) is 0 Å². The van der Waals surface area contributed by atoms with E-state index in [1.54, 1.807) is 24.2 Å². The van der Waals surface area contributed by atoms with Crippen LogP contribution < -0.4 is 11.5 Å². The molecule has 0 aromatic heterocycles. The Labute approximate surface area is 114 Å². The molecule has 0 bridgehead atoms. The number of nitrogens with zero attached hydrogens (tertiary/aromatic N) is 2. The molecule has 0 saturated carbocycles. The molecule has 0 amide bonds. The molecule has 0 aliphatic carbocycles. The van der Waals surface area contributed by atoms with Gasteiger partial charge in [0, 0.05) is 18.5 Å². The molecule has 108 valence electrons. The van der Waals surface area contributed by atoms with E-state index >= 15 is 0 Å². The second-order valence-electron chi connectivity index (χ2n) is 4.52. The minimum Gasteiger partial charge on any atom is -0.398 e. The summed E-state index contributed by atoms with van der Waals surface area (Å²) in [7, 11) is 0. The van der Waals surface area contributed by atoms with E-state index < -0.39 is 0 Å². The van der Waals surface area contributed by atoms with Crippen LogP contribution in [-0.2, 0) is 4.74 Å². The van der Waals surface area contributed by atoms with Gasteiger partial charge < -0.3 is 26.2 Å². The Kier molecular flexibility index (Phi) is 6.01. The third-order valence-corrected chi connectivity index (χ3v) is 3.04. The lowest BCUT2D eigenvalue weighted by Crippen LogP contribution is -2.35. The van der Waals surface area contributed by atoms with Crippen LogP contribution in [0.3, 0.4) is 0 Å². The number of aliphatic hydroxyl groups is 1. The van der Waals surface area contributed by atoms with Gasteiger partial charge in [0.2, 0.25) is 0 Å². The summed E-state index contributed by atoms with van der Waals surface area (Å²) >= 11 is 0. The number of ether oxygens (including phenoxy) is 1. The molecule has 0 radical (unpaired) electrons. The quantitative estimate of drug-likeness (QED) is 0.609. The van der Waals surface area contributed by atoms with Crippen LogP contribution in [0.15, 0.2) is 29.3 Å². The first-order chi connectivity index (χ1) is 9.04. The van der Waals surface area contributed by atoms with E-state index in [9.17, 15) is 0 Å². The van der Waals surface area contributed by atoms with Crippen LogP contribution in [0.5, 0.6) is 0 Å². The zero-order chi connectivity index (χ0) is 14.4. The smallest absolute Gasteiger partial charge is 0.154 e. The maximum Gasteiger partial charge on any atom is 0.154 e. The molecule has 5 N–H and O–H groups in total. The van der Waals surface area contributed by atoms with Crippen molar-refractivity contribution in [1.82, 2.24) is 4.90 Å². The number of nitrogens with two attached hydrogens (primary N) is 2. The lowest BCUT2D eigenvalue weighted by Gasteiger charge is -2.29. The SMILES string of the molecule is C=CN(C(/N=C\C)=C(\N)C(C)N)C1CCC(CO)O1. The van der Waals surface area contributed by atoms with E-state index in [0.717, 1.165) is 12.8 Å². The van der Waals surface area contributed by atoms with E-state index in [-0.39, 0.29) is 25.0 Å². The summed E-state index contributed by atoms with van der Waals surface area (Å²) in [4.78, 5) is 6.05. The Balaban J connectivity index is 2.99. The van der Waals surface area contributed by atoms with E-state index in [1.165, 1.54) is 0 Å². The Hall–Kier alpha value is -1.37. The monoisotopic (exact) mass is 268 g/mol. The maximum atomic E-state index is 9.12. The standard InChI is InChI=1S/C13H24N4O2/c1-4-16-13(12(15)9(3)14)17(5-2)11-7-6-10(8-18)19-11/h4-5,9-11,18H,2,6-8,14-15H2,1,3H3/b13-12-,16-4-. The molecule has 6 nitrogen and oxygen atoms in total. The molecule has 1 rings (SSSR count). The predicted molar refractivity (Wildman–Crippen MR) is 76.0 cm³/mol. The van der Waals surface area contributed by atoms with Crippen LogP contribution in [0, 0.1) is 0 Å². The summed E-state index contributed by atoms with van der Waals surface area (Å²) in [6.07, 6.45) is 4.50. The zero-order valence-electron chi connectivity index (χ0n) is 11.6. The van der Waals surface area contributed by atoms with Crippen molar-refractivity contribution in [3.8, 4) is 0 Å². The number of hydrogen-bond acceptors (Lipinski definition) is 6. The molecular formula is C13H24N4O2. The van der Waals surface area contributed by atoms with Gasteiger partial charge in [-0.3, -0.25) is 0 Å². The van der Waals surface area contributed by atoms with Crippen molar-refractivity contribution in [3.63, 3.8) is 0 Å². The lowest BCUT2D eigenvalue weighted by molar-refractivity contribution is -0.0399. The van der Waals surface area contributed by atoms with Gasteiger partial charge in [0.1, 0.15) is 6.23 Å². The average Bonchev–Trinajstić information content (AvgIpc) is 2.86. The first kappa shape index (κ1) is 15.7. The number of rotatable bonds is 6. The fourth-order valence-electron chi connectivity index (χ4n) is 1.98. The molecule has 1 aliphatic heterocycles. The Morgan fingerprint density at radius 1 is 1.63 bits per heavy atom. The van der Waals surface area contributed by atoms with Gasteiger partial charge in [0.05, 0.1) is 18.4 Å². The van der Waals surface area contributed by atoms with E-state index in [4.69, 9.17) is 21.3 Å². The largest absolute Gasteiger partial charge is 0.398 e. The van der Waals surface area contributed by atoms with Crippen LogP contribution in [0.4, 0.5) is 0 Å². The number of aliphatic imine (C=N–C) groups is 1. The van der Waals surface area contributed by atoms with Crippen molar-refractivity contribution in [3.05, 3.63) is 24.3 Å². The minimum atomic E-state index is -0.309. The summed E-state index contributed by atoms with van der Waals surface area (Å²) in [5.74, 6) is 0.552. The molecule has 0 aromatic carbocycles. The molecule has 6 heteroatoms. The average molecular weight is 268 g/mol. The van der Waals surface area contributed by atoms with Crippen LogP contribution in [-0.4, -0.2) is 41.2 Å². The predicted octanol–water partition coefficient (Wildman–Crippen LogP) is 0.495. The summed E-state index contributed by atoms with van der Waals surface area (Å²) in [5.41, 5.74) is 12.3. The van der Waals surface area contributed by atoms with Crippen molar-refractivity contribution in [2.24, 2.45) is 16.5 Å². The highest BCUT2D eigenvalue weighted by Gasteiger charge is 2.30. The first-order valence-electron chi connectivity index (χ1n) is 6.46. The molecule has 19 heavy (non-hydrogen) atoms. The lowest BCUT2D eigenvalue weighted by atomic mass is 10.2. The Morgan fingerprint density at radius 3 is 2.74 bits per heavy atom. The molecule has 1 saturated heterocycles. The molecule has 1 fully saturated rings.